The fourth-order valence-electron chi connectivity index (χ4n) is 1.95. The van der Waals surface area contributed by atoms with Crippen LogP contribution < -0.4 is 4.90 Å². The minimum absolute atomic E-state index is 0.0955. The topological polar surface area (TPSA) is 97.6 Å². The van der Waals surface area contributed by atoms with Crippen molar-refractivity contribution in [3.8, 4) is 0 Å². The first-order valence-electron chi connectivity index (χ1n) is 5.03. The summed E-state index contributed by atoms with van der Waals surface area (Å²) in [5, 5.41) is 10.7. The van der Waals surface area contributed by atoms with E-state index >= 15 is 0 Å². The molecule has 0 spiro atoms. The lowest BCUT2D eigenvalue weighted by atomic mass is 10.1. The van der Waals surface area contributed by atoms with Gasteiger partial charge in [-0.05, 0) is 12.5 Å². The Hall–Kier alpha value is -2.57. The zero-order valence-electron chi connectivity index (χ0n) is 9.59. The number of ketones is 1. The van der Waals surface area contributed by atoms with Gasteiger partial charge in [-0.15, -0.1) is 0 Å². The molecule has 1 aromatic carbocycles. The molecule has 7 heteroatoms. The number of anilines is 1. The van der Waals surface area contributed by atoms with Crippen molar-refractivity contribution in [1.29, 1.82) is 0 Å². The van der Waals surface area contributed by atoms with Crippen LogP contribution in [-0.4, -0.2) is 22.5 Å². The van der Waals surface area contributed by atoms with Crippen molar-refractivity contribution in [3.05, 3.63) is 33.4 Å². The Morgan fingerprint density at radius 1 is 1.33 bits per heavy atom. The Morgan fingerprint density at radius 3 is 2.44 bits per heavy atom. The first-order chi connectivity index (χ1) is 8.34. The Kier molecular flexibility index (Phi) is 2.46. The van der Waals surface area contributed by atoms with Gasteiger partial charge in [0.15, 0.2) is 0 Å². The van der Waals surface area contributed by atoms with Gasteiger partial charge in [-0.2, -0.15) is 0 Å². The molecular weight excluding hydrogens is 240 g/mol. The van der Waals surface area contributed by atoms with E-state index < -0.39 is 22.5 Å². The molecule has 1 aliphatic heterocycles. The van der Waals surface area contributed by atoms with E-state index in [9.17, 15) is 24.5 Å². The quantitative estimate of drug-likeness (QED) is 0.419. The molecular formula is C11H8N2O5. The minimum Gasteiger partial charge on any atom is -0.283 e. The lowest BCUT2D eigenvalue weighted by molar-refractivity contribution is -0.384. The molecule has 92 valence electrons. The van der Waals surface area contributed by atoms with Gasteiger partial charge < -0.3 is 0 Å². The number of fused-ring (bicyclic) bond motifs is 1. The molecule has 18 heavy (non-hydrogen) atoms. The van der Waals surface area contributed by atoms with E-state index in [4.69, 9.17) is 0 Å². The van der Waals surface area contributed by atoms with Gasteiger partial charge in [0.1, 0.15) is 0 Å². The molecule has 2 rings (SSSR count). The molecule has 0 N–H and O–H groups in total. The number of imide groups is 1. The molecule has 7 nitrogen and oxygen atoms in total. The SMILES string of the molecule is CC(=O)N1C(=O)C(=O)c2cc([N+](=O)[O-])cc(C)c21. The van der Waals surface area contributed by atoms with E-state index in [1.165, 1.54) is 13.0 Å². The fraction of sp³-hybridized carbons (Fsp3) is 0.182. The monoisotopic (exact) mass is 248 g/mol. The predicted molar refractivity (Wildman–Crippen MR) is 60.3 cm³/mol. The number of aryl methyl sites for hydroxylation is 1. The maximum absolute atomic E-state index is 11.7. The Labute approximate surface area is 101 Å². The van der Waals surface area contributed by atoms with Crippen LogP contribution in [-0.2, 0) is 9.59 Å². The summed E-state index contributed by atoms with van der Waals surface area (Å²) in [6, 6.07) is 2.24. The summed E-state index contributed by atoms with van der Waals surface area (Å²) in [4.78, 5) is 45.4. The van der Waals surface area contributed by atoms with Gasteiger partial charge >= 0.3 is 5.91 Å². The molecule has 1 aliphatic rings. The smallest absolute Gasteiger partial charge is 0.283 e. The molecule has 0 atom stereocenters. The first-order valence-corrected chi connectivity index (χ1v) is 5.03. The molecule has 1 heterocycles. The number of hydrogen-bond acceptors (Lipinski definition) is 5. The molecule has 2 amide bonds. The summed E-state index contributed by atoms with van der Waals surface area (Å²) in [6.45, 7) is 2.66. The summed E-state index contributed by atoms with van der Waals surface area (Å²) < 4.78 is 0. The van der Waals surface area contributed by atoms with E-state index in [1.54, 1.807) is 0 Å². The maximum atomic E-state index is 11.7. The Bertz CT molecular complexity index is 620. The average Bonchev–Trinajstić information content (AvgIpc) is 2.53. The van der Waals surface area contributed by atoms with Gasteiger partial charge in [-0.3, -0.25) is 24.5 Å². The lowest BCUT2D eigenvalue weighted by Crippen LogP contribution is -2.34. The van der Waals surface area contributed by atoms with Crippen molar-refractivity contribution in [2.45, 2.75) is 13.8 Å². The second-order valence-corrected chi connectivity index (χ2v) is 3.90. The van der Waals surface area contributed by atoms with Crippen LogP contribution in [0.25, 0.3) is 0 Å². The van der Waals surface area contributed by atoms with Crippen LogP contribution in [0.2, 0.25) is 0 Å². The molecule has 0 unspecified atom stereocenters. The summed E-state index contributed by atoms with van der Waals surface area (Å²) in [5.74, 6) is -2.46. The number of hydrogen-bond donors (Lipinski definition) is 0. The van der Waals surface area contributed by atoms with Crippen LogP contribution in [0.15, 0.2) is 12.1 Å². The number of amides is 2. The summed E-state index contributed by atoms with van der Waals surface area (Å²) >= 11 is 0. The molecule has 0 bridgehead atoms. The van der Waals surface area contributed by atoms with Crippen molar-refractivity contribution in [3.63, 3.8) is 0 Å². The van der Waals surface area contributed by atoms with E-state index in [1.807, 2.05) is 0 Å². The largest absolute Gasteiger partial charge is 0.306 e. The predicted octanol–water partition coefficient (Wildman–Crippen LogP) is 0.979. The number of non-ortho nitro benzene ring substituents is 1. The van der Waals surface area contributed by atoms with Crippen LogP contribution >= 0.6 is 0 Å². The van der Waals surface area contributed by atoms with E-state index in [2.05, 4.69) is 0 Å². The number of carbonyl (C=O) groups excluding carboxylic acids is 3. The van der Waals surface area contributed by atoms with E-state index in [0.29, 0.717) is 5.56 Å². The van der Waals surface area contributed by atoms with Crippen molar-refractivity contribution >= 4 is 29.0 Å². The van der Waals surface area contributed by atoms with Crippen molar-refractivity contribution < 1.29 is 19.3 Å². The number of nitro groups is 1. The van der Waals surface area contributed by atoms with Crippen LogP contribution in [0, 0.1) is 17.0 Å². The first kappa shape index (κ1) is 11.9. The molecule has 0 aliphatic carbocycles. The van der Waals surface area contributed by atoms with Gasteiger partial charge in [-0.25, -0.2) is 4.90 Å². The van der Waals surface area contributed by atoms with Crippen LogP contribution in [0.1, 0.15) is 22.8 Å². The molecule has 0 fully saturated rings. The van der Waals surface area contributed by atoms with Crippen LogP contribution in [0.3, 0.4) is 0 Å². The molecule has 0 aromatic heterocycles. The van der Waals surface area contributed by atoms with E-state index in [0.717, 1.165) is 17.9 Å². The van der Waals surface area contributed by atoms with E-state index in [-0.39, 0.29) is 16.9 Å². The molecule has 0 saturated carbocycles. The van der Waals surface area contributed by atoms with Crippen molar-refractivity contribution in [2.24, 2.45) is 0 Å². The lowest BCUT2D eigenvalue weighted by Gasteiger charge is -2.13. The number of rotatable bonds is 1. The number of benzene rings is 1. The number of Topliss-reactive ketones (excluding diaryl/α,β-unsaturated/α-hetero) is 1. The van der Waals surface area contributed by atoms with Gasteiger partial charge in [-0.1, -0.05) is 0 Å². The summed E-state index contributed by atoms with van der Waals surface area (Å²) in [7, 11) is 0. The highest BCUT2D eigenvalue weighted by Crippen LogP contribution is 2.35. The number of carbonyl (C=O) groups is 3. The highest BCUT2D eigenvalue weighted by molar-refractivity contribution is 6.56. The fourth-order valence-corrected chi connectivity index (χ4v) is 1.95. The molecule has 1 aromatic rings. The zero-order valence-corrected chi connectivity index (χ0v) is 9.59. The highest BCUT2D eigenvalue weighted by atomic mass is 16.6. The van der Waals surface area contributed by atoms with Gasteiger partial charge in [0.2, 0.25) is 5.91 Å². The summed E-state index contributed by atoms with van der Waals surface area (Å²) in [5.41, 5.74) is 0.108. The maximum Gasteiger partial charge on any atom is 0.306 e. The zero-order chi connectivity index (χ0) is 13.6. The number of nitrogens with zero attached hydrogens (tertiary/aromatic N) is 2. The normalized spacial score (nSPS) is 13.8. The minimum atomic E-state index is -0.971. The third-order valence-corrected chi connectivity index (χ3v) is 2.68. The second-order valence-electron chi connectivity index (χ2n) is 3.90. The summed E-state index contributed by atoms with van der Waals surface area (Å²) in [6.07, 6.45) is 0. The Balaban J connectivity index is 2.74. The highest BCUT2D eigenvalue weighted by Gasteiger charge is 2.40. The van der Waals surface area contributed by atoms with Crippen molar-refractivity contribution in [2.75, 3.05) is 4.90 Å². The number of nitro benzene ring substituents is 1. The van der Waals surface area contributed by atoms with Gasteiger partial charge in [0, 0.05) is 19.1 Å². The van der Waals surface area contributed by atoms with Gasteiger partial charge in [0.25, 0.3) is 11.5 Å². The standard InChI is InChI=1S/C11H8N2O5/c1-5-3-7(13(17)18)4-8-9(5)12(6(2)14)11(16)10(8)15/h3-4H,1-2H3. The average molecular weight is 248 g/mol. The Morgan fingerprint density at radius 2 is 1.94 bits per heavy atom. The van der Waals surface area contributed by atoms with Crippen LogP contribution in [0.4, 0.5) is 11.4 Å². The van der Waals surface area contributed by atoms with Crippen molar-refractivity contribution in [1.82, 2.24) is 0 Å². The third kappa shape index (κ3) is 1.48. The molecule has 0 radical (unpaired) electrons. The van der Waals surface area contributed by atoms with Crippen LogP contribution in [0.5, 0.6) is 0 Å². The van der Waals surface area contributed by atoms with Gasteiger partial charge in [0.05, 0.1) is 16.2 Å². The molecule has 0 saturated heterocycles. The second kappa shape index (κ2) is 3.73. The third-order valence-electron chi connectivity index (χ3n) is 2.68.